The van der Waals surface area contributed by atoms with E-state index in [1.807, 2.05) is 0 Å². The Bertz CT molecular complexity index is 1200. The molecule has 0 unspecified atom stereocenters. The van der Waals surface area contributed by atoms with Crippen molar-refractivity contribution < 1.29 is 29.3 Å². The molecule has 2 aromatic carbocycles. The number of rotatable bonds is 1. The summed E-state index contributed by atoms with van der Waals surface area (Å²) >= 11 is 0. The first kappa shape index (κ1) is 16.0. The summed E-state index contributed by atoms with van der Waals surface area (Å²) in [5.74, 6) is -2.22. The van der Waals surface area contributed by atoms with Gasteiger partial charge in [0.25, 0.3) is 0 Å². The molecule has 3 N–H and O–H groups in total. The van der Waals surface area contributed by atoms with Crippen molar-refractivity contribution in [3.05, 3.63) is 68.1 Å². The number of fused-ring (bicyclic) bond motifs is 4. The van der Waals surface area contributed by atoms with E-state index in [2.05, 4.69) is 0 Å². The number of aliphatic hydroxyl groups excluding tert-OH is 1. The highest BCUT2D eigenvalue weighted by molar-refractivity contribution is 6.32. The van der Waals surface area contributed by atoms with Gasteiger partial charge >= 0.3 is 0 Å². The maximum atomic E-state index is 13.0. The first-order valence-electron chi connectivity index (χ1n) is 7.70. The molecule has 1 aromatic heterocycles. The van der Waals surface area contributed by atoms with Crippen molar-refractivity contribution >= 4 is 22.5 Å². The quantitative estimate of drug-likeness (QED) is 0.477. The molecule has 0 aliphatic heterocycles. The van der Waals surface area contributed by atoms with Crippen LogP contribution in [-0.4, -0.2) is 26.9 Å². The Morgan fingerprint density at radius 2 is 1.62 bits per heavy atom. The van der Waals surface area contributed by atoms with Crippen LogP contribution >= 0.6 is 0 Å². The van der Waals surface area contributed by atoms with Crippen LogP contribution in [0, 0.1) is 6.92 Å². The van der Waals surface area contributed by atoms with Crippen LogP contribution in [-0.2, 0) is 6.61 Å². The first-order valence-corrected chi connectivity index (χ1v) is 7.70. The number of aromatic hydroxyl groups is 2. The van der Waals surface area contributed by atoms with E-state index in [1.54, 1.807) is 6.92 Å². The van der Waals surface area contributed by atoms with Crippen molar-refractivity contribution in [3.8, 4) is 11.5 Å². The third-order valence-corrected chi connectivity index (χ3v) is 4.45. The molecule has 1 aliphatic carbocycles. The van der Waals surface area contributed by atoms with Gasteiger partial charge in [0.05, 0.1) is 16.5 Å². The highest BCUT2D eigenvalue weighted by Gasteiger charge is 2.36. The van der Waals surface area contributed by atoms with Gasteiger partial charge in [-0.1, -0.05) is 0 Å². The molecule has 3 aromatic rings. The fraction of sp³-hybridized carbons (Fsp3) is 0.105. The second-order valence-corrected chi connectivity index (χ2v) is 6.10. The van der Waals surface area contributed by atoms with Crippen LogP contribution in [0.1, 0.15) is 43.2 Å². The molecule has 26 heavy (non-hydrogen) atoms. The van der Waals surface area contributed by atoms with Crippen LogP contribution in [0.2, 0.25) is 0 Å². The maximum Gasteiger partial charge on any atom is 0.202 e. The van der Waals surface area contributed by atoms with Gasteiger partial charge in [0.15, 0.2) is 11.2 Å². The number of ketones is 2. The molecule has 0 saturated heterocycles. The standard InChI is InChI=1S/C19H12O7/c1-7-2-10-16(19-14(7)13(23)5-9(6-20)26-19)18(25)15-11(17(10)24)3-8(21)4-12(15)22/h2-5,20-22H,6H2,1H3. The topological polar surface area (TPSA) is 125 Å². The van der Waals surface area contributed by atoms with E-state index >= 15 is 0 Å². The first-order chi connectivity index (χ1) is 12.3. The monoisotopic (exact) mass is 352 g/mol. The van der Waals surface area contributed by atoms with Gasteiger partial charge in [0.1, 0.15) is 29.4 Å². The van der Waals surface area contributed by atoms with E-state index in [9.17, 15) is 29.7 Å². The molecule has 0 atom stereocenters. The summed E-state index contributed by atoms with van der Waals surface area (Å²) in [7, 11) is 0. The summed E-state index contributed by atoms with van der Waals surface area (Å²) in [4.78, 5) is 38.2. The number of benzene rings is 2. The minimum atomic E-state index is -0.699. The molecule has 7 nitrogen and oxygen atoms in total. The average Bonchev–Trinajstić information content (AvgIpc) is 2.58. The van der Waals surface area contributed by atoms with E-state index < -0.39 is 29.4 Å². The molecule has 0 spiro atoms. The number of hydrogen-bond donors (Lipinski definition) is 3. The largest absolute Gasteiger partial charge is 0.508 e. The van der Waals surface area contributed by atoms with Crippen molar-refractivity contribution in [2.75, 3.05) is 0 Å². The molecule has 130 valence electrons. The molecule has 0 bridgehead atoms. The molecule has 7 heteroatoms. The van der Waals surface area contributed by atoms with Gasteiger partial charge in [-0.3, -0.25) is 14.4 Å². The maximum absolute atomic E-state index is 13.0. The third kappa shape index (κ3) is 2.01. The van der Waals surface area contributed by atoms with E-state index in [1.165, 1.54) is 6.07 Å². The SMILES string of the molecule is Cc1cc2c(c3oc(CO)cc(=O)c13)C(=O)c1c(O)cc(O)cc1C2=O. The molecule has 0 amide bonds. The number of aryl methyl sites for hydroxylation is 1. The van der Waals surface area contributed by atoms with Crippen LogP contribution in [0.15, 0.2) is 33.5 Å². The highest BCUT2D eigenvalue weighted by Crippen LogP contribution is 2.38. The minimum Gasteiger partial charge on any atom is -0.508 e. The molecule has 0 fully saturated rings. The van der Waals surface area contributed by atoms with Crippen LogP contribution in [0.3, 0.4) is 0 Å². The van der Waals surface area contributed by atoms with Crippen molar-refractivity contribution in [1.82, 2.24) is 0 Å². The van der Waals surface area contributed by atoms with Crippen LogP contribution < -0.4 is 5.43 Å². The lowest BCUT2D eigenvalue weighted by Gasteiger charge is -2.20. The average molecular weight is 352 g/mol. The Hall–Kier alpha value is -3.45. The lowest BCUT2D eigenvalue weighted by Crippen LogP contribution is -2.23. The van der Waals surface area contributed by atoms with Crippen molar-refractivity contribution in [2.24, 2.45) is 0 Å². The van der Waals surface area contributed by atoms with E-state index in [4.69, 9.17) is 4.42 Å². The second kappa shape index (κ2) is 5.27. The van der Waals surface area contributed by atoms with E-state index in [-0.39, 0.29) is 44.7 Å². The zero-order chi connectivity index (χ0) is 18.7. The van der Waals surface area contributed by atoms with Gasteiger partial charge in [0.2, 0.25) is 5.78 Å². The molecule has 1 heterocycles. The number of hydrogen-bond acceptors (Lipinski definition) is 7. The zero-order valence-corrected chi connectivity index (χ0v) is 13.5. The summed E-state index contributed by atoms with van der Waals surface area (Å²) in [5, 5.41) is 29.1. The smallest absolute Gasteiger partial charge is 0.202 e. The van der Waals surface area contributed by atoms with Crippen LogP contribution in [0.4, 0.5) is 0 Å². The van der Waals surface area contributed by atoms with E-state index in [0.717, 1.165) is 18.2 Å². The summed E-state index contributed by atoms with van der Waals surface area (Å²) in [6, 6.07) is 4.61. The number of phenols is 2. The van der Waals surface area contributed by atoms with Gasteiger partial charge in [-0.15, -0.1) is 0 Å². The molecule has 0 radical (unpaired) electrons. The predicted molar refractivity (Wildman–Crippen MR) is 89.8 cm³/mol. The molecule has 0 saturated carbocycles. The number of carbonyl (C=O) groups is 2. The minimum absolute atomic E-state index is 0.00994. The summed E-state index contributed by atoms with van der Waals surface area (Å²) in [6.07, 6.45) is 0. The lowest BCUT2D eigenvalue weighted by atomic mass is 9.81. The molecule has 1 aliphatic rings. The fourth-order valence-electron chi connectivity index (χ4n) is 3.36. The summed E-state index contributed by atoms with van der Waals surface area (Å²) in [5.41, 5.74) is -0.635. The van der Waals surface area contributed by atoms with Gasteiger partial charge in [-0.05, 0) is 24.6 Å². The Labute approximate surface area is 145 Å². The third-order valence-electron chi connectivity index (χ3n) is 4.45. The van der Waals surface area contributed by atoms with Crippen molar-refractivity contribution in [3.63, 3.8) is 0 Å². The number of carbonyl (C=O) groups excluding carboxylic acids is 2. The number of aliphatic hydroxyl groups is 1. The Balaban J connectivity index is 2.18. The second-order valence-electron chi connectivity index (χ2n) is 6.10. The highest BCUT2D eigenvalue weighted by atomic mass is 16.4. The fourth-order valence-corrected chi connectivity index (χ4v) is 3.36. The molecular formula is C19H12O7. The van der Waals surface area contributed by atoms with Gasteiger partial charge in [-0.2, -0.15) is 0 Å². The normalized spacial score (nSPS) is 13.0. The Morgan fingerprint density at radius 3 is 2.31 bits per heavy atom. The Kier molecular flexibility index (Phi) is 3.25. The molecular weight excluding hydrogens is 340 g/mol. The van der Waals surface area contributed by atoms with Crippen molar-refractivity contribution in [2.45, 2.75) is 13.5 Å². The van der Waals surface area contributed by atoms with Gasteiger partial charge < -0.3 is 19.7 Å². The Morgan fingerprint density at radius 1 is 0.923 bits per heavy atom. The van der Waals surface area contributed by atoms with Crippen molar-refractivity contribution in [1.29, 1.82) is 0 Å². The molecule has 4 rings (SSSR count). The summed E-state index contributed by atoms with van der Waals surface area (Å²) in [6.45, 7) is 1.05. The number of phenolic OH excluding ortho intramolecular Hbond substituents is 2. The predicted octanol–water partition coefficient (Wildman–Crippen LogP) is 1.78. The van der Waals surface area contributed by atoms with Gasteiger partial charge in [-0.25, -0.2) is 0 Å². The summed E-state index contributed by atoms with van der Waals surface area (Å²) < 4.78 is 5.51. The van der Waals surface area contributed by atoms with Crippen LogP contribution in [0.25, 0.3) is 11.0 Å². The van der Waals surface area contributed by atoms with Gasteiger partial charge in [0, 0.05) is 23.3 Å². The van der Waals surface area contributed by atoms with E-state index in [0.29, 0.717) is 5.56 Å². The zero-order valence-electron chi connectivity index (χ0n) is 13.5. The lowest BCUT2D eigenvalue weighted by molar-refractivity contribution is 0.0976. The van der Waals surface area contributed by atoms with Crippen LogP contribution in [0.5, 0.6) is 11.5 Å².